The molecule has 0 saturated carbocycles. The van der Waals surface area contributed by atoms with E-state index in [1.807, 2.05) is 4.90 Å². The number of hydrogen-bond acceptors (Lipinski definition) is 5. The summed E-state index contributed by atoms with van der Waals surface area (Å²) in [6, 6.07) is 3.84. The summed E-state index contributed by atoms with van der Waals surface area (Å²) in [6.45, 7) is 2.86. The number of anilines is 1. The first-order chi connectivity index (χ1) is 7.86. The van der Waals surface area contributed by atoms with Crippen LogP contribution in [0.25, 0.3) is 0 Å². The van der Waals surface area contributed by atoms with Gasteiger partial charge in [0.25, 0.3) is 0 Å². The third kappa shape index (κ3) is 1.92. The molecule has 1 aliphatic heterocycles. The number of methoxy groups -OCH3 is 1. The number of morpholine rings is 1. The smallest absolute Gasteiger partial charge is 0.150 e. The standard InChI is InChI=1S/C11H13N3O2/c1-15-10-2-3-13-11(9(10)8-12)14-4-6-16-7-5-14/h2-3H,4-7H2,1H3. The highest BCUT2D eigenvalue weighted by Crippen LogP contribution is 2.26. The van der Waals surface area contributed by atoms with E-state index in [0.29, 0.717) is 30.3 Å². The van der Waals surface area contributed by atoms with Crippen LogP contribution in [-0.2, 0) is 4.74 Å². The third-order valence-corrected chi connectivity index (χ3v) is 2.54. The zero-order chi connectivity index (χ0) is 11.4. The van der Waals surface area contributed by atoms with E-state index in [-0.39, 0.29) is 0 Å². The van der Waals surface area contributed by atoms with E-state index in [1.165, 1.54) is 0 Å². The van der Waals surface area contributed by atoms with Crippen molar-refractivity contribution >= 4 is 5.82 Å². The Kier molecular flexibility index (Phi) is 3.22. The number of ether oxygens (including phenoxy) is 2. The highest BCUT2D eigenvalue weighted by atomic mass is 16.5. The van der Waals surface area contributed by atoms with Gasteiger partial charge in [0.2, 0.25) is 0 Å². The summed E-state index contributed by atoms with van der Waals surface area (Å²) in [4.78, 5) is 6.30. The van der Waals surface area contributed by atoms with E-state index in [9.17, 15) is 0 Å². The first kappa shape index (κ1) is 10.7. The number of aromatic nitrogens is 1. The van der Waals surface area contributed by atoms with Gasteiger partial charge < -0.3 is 14.4 Å². The molecule has 1 aromatic heterocycles. The Bertz CT molecular complexity index is 408. The number of nitriles is 1. The minimum absolute atomic E-state index is 0.493. The lowest BCUT2D eigenvalue weighted by molar-refractivity contribution is 0.122. The Morgan fingerprint density at radius 1 is 1.50 bits per heavy atom. The second kappa shape index (κ2) is 4.81. The minimum Gasteiger partial charge on any atom is -0.495 e. The van der Waals surface area contributed by atoms with E-state index in [0.717, 1.165) is 13.1 Å². The molecule has 0 atom stereocenters. The van der Waals surface area contributed by atoms with Gasteiger partial charge in [-0.3, -0.25) is 0 Å². The maximum atomic E-state index is 9.13. The van der Waals surface area contributed by atoms with Crippen molar-refractivity contribution < 1.29 is 9.47 Å². The molecule has 0 N–H and O–H groups in total. The fourth-order valence-corrected chi connectivity index (χ4v) is 1.72. The first-order valence-corrected chi connectivity index (χ1v) is 5.12. The molecular weight excluding hydrogens is 206 g/mol. The van der Waals surface area contributed by atoms with Crippen molar-refractivity contribution in [1.82, 2.24) is 4.98 Å². The fraction of sp³-hybridized carbons (Fsp3) is 0.455. The number of nitrogens with zero attached hydrogens (tertiary/aromatic N) is 3. The topological polar surface area (TPSA) is 58.4 Å². The monoisotopic (exact) mass is 219 g/mol. The quantitative estimate of drug-likeness (QED) is 0.736. The molecule has 2 rings (SSSR count). The molecule has 5 heteroatoms. The summed E-state index contributed by atoms with van der Waals surface area (Å²) in [6.07, 6.45) is 1.66. The first-order valence-electron chi connectivity index (χ1n) is 5.12. The molecule has 16 heavy (non-hydrogen) atoms. The number of pyridine rings is 1. The van der Waals surface area contributed by atoms with E-state index in [1.54, 1.807) is 19.4 Å². The van der Waals surface area contributed by atoms with Crippen LogP contribution in [0.15, 0.2) is 12.3 Å². The molecule has 0 amide bonds. The second-order valence-corrected chi connectivity index (χ2v) is 3.42. The highest BCUT2D eigenvalue weighted by molar-refractivity contribution is 5.60. The van der Waals surface area contributed by atoms with Crippen molar-refractivity contribution in [2.75, 3.05) is 38.3 Å². The van der Waals surface area contributed by atoms with Crippen LogP contribution < -0.4 is 9.64 Å². The van der Waals surface area contributed by atoms with Crippen LogP contribution in [-0.4, -0.2) is 38.4 Å². The predicted octanol–water partition coefficient (Wildman–Crippen LogP) is 0.798. The number of hydrogen-bond donors (Lipinski definition) is 0. The molecular formula is C11H13N3O2. The molecule has 1 fully saturated rings. The van der Waals surface area contributed by atoms with Gasteiger partial charge in [-0.05, 0) is 6.07 Å². The molecule has 1 aliphatic rings. The SMILES string of the molecule is COc1ccnc(N2CCOCC2)c1C#N. The highest BCUT2D eigenvalue weighted by Gasteiger charge is 2.18. The van der Waals surface area contributed by atoms with Crippen LogP contribution in [0.2, 0.25) is 0 Å². The van der Waals surface area contributed by atoms with Crippen molar-refractivity contribution in [2.45, 2.75) is 0 Å². The maximum Gasteiger partial charge on any atom is 0.150 e. The van der Waals surface area contributed by atoms with Gasteiger partial charge in [-0.1, -0.05) is 0 Å². The predicted molar refractivity (Wildman–Crippen MR) is 58.5 cm³/mol. The summed E-state index contributed by atoms with van der Waals surface area (Å²) in [5.41, 5.74) is 0.493. The van der Waals surface area contributed by atoms with Crippen LogP contribution in [0.1, 0.15) is 5.56 Å². The molecule has 0 radical (unpaired) electrons. The lowest BCUT2D eigenvalue weighted by Gasteiger charge is -2.28. The lowest BCUT2D eigenvalue weighted by atomic mass is 10.2. The van der Waals surface area contributed by atoms with Gasteiger partial charge in [0.1, 0.15) is 23.2 Å². The molecule has 0 unspecified atom stereocenters. The van der Waals surface area contributed by atoms with Crippen molar-refractivity contribution in [1.29, 1.82) is 5.26 Å². The Balaban J connectivity index is 2.35. The van der Waals surface area contributed by atoms with Gasteiger partial charge in [-0.15, -0.1) is 0 Å². The van der Waals surface area contributed by atoms with Crippen LogP contribution in [0.4, 0.5) is 5.82 Å². The Morgan fingerprint density at radius 2 is 2.25 bits per heavy atom. The second-order valence-electron chi connectivity index (χ2n) is 3.42. The molecule has 1 aromatic rings. The Labute approximate surface area is 94.2 Å². The average molecular weight is 219 g/mol. The van der Waals surface area contributed by atoms with Gasteiger partial charge in [-0.25, -0.2) is 4.98 Å². The summed E-state index contributed by atoms with van der Waals surface area (Å²) in [7, 11) is 1.55. The van der Waals surface area contributed by atoms with Crippen molar-refractivity contribution in [3.05, 3.63) is 17.8 Å². The Hall–Kier alpha value is -1.80. The molecule has 0 aliphatic carbocycles. The van der Waals surface area contributed by atoms with Crippen molar-refractivity contribution in [3.63, 3.8) is 0 Å². The summed E-state index contributed by atoms with van der Waals surface area (Å²) >= 11 is 0. The molecule has 0 spiro atoms. The number of rotatable bonds is 2. The summed E-state index contributed by atoms with van der Waals surface area (Å²) in [5.74, 6) is 1.25. The molecule has 5 nitrogen and oxygen atoms in total. The lowest BCUT2D eigenvalue weighted by Crippen LogP contribution is -2.37. The Morgan fingerprint density at radius 3 is 2.88 bits per heavy atom. The normalized spacial score (nSPS) is 15.6. The molecule has 1 saturated heterocycles. The van der Waals surface area contributed by atoms with Crippen LogP contribution in [0.5, 0.6) is 5.75 Å². The van der Waals surface area contributed by atoms with E-state index >= 15 is 0 Å². The van der Waals surface area contributed by atoms with Crippen molar-refractivity contribution in [2.24, 2.45) is 0 Å². The van der Waals surface area contributed by atoms with Crippen LogP contribution >= 0.6 is 0 Å². The van der Waals surface area contributed by atoms with Crippen LogP contribution in [0, 0.1) is 11.3 Å². The maximum absolute atomic E-state index is 9.13. The summed E-state index contributed by atoms with van der Waals surface area (Å²) in [5, 5.41) is 9.13. The molecule has 0 aromatic carbocycles. The average Bonchev–Trinajstić information content (AvgIpc) is 2.38. The fourth-order valence-electron chi connectivity index (χ4n) is 1.72. The van der Waals surface area contributed by atoms with E-state index in [4.69, 9.17) is 14.7 Å². The molecule has 84 valence electrons. The van der Waals surface area contributed by atoms with Crippen LogP contribution in [0.3, 0.4) is 0 Å². The van der Waals surface area contributed by atoms with Gasteiger partial charge in [0.15, 0.2) is 0 Å². The molecule has 2 heterocycles. The van der Waals surface area contributed by atoms with E-state index < -0.39 is 0 Å². The van der Waals surface area contributed by atoms with Gasteiger partial charge in [0, 0.05) is 19.3 Å². The zero-order valence-corrected chi connectivity index (χ0v) is 9.14. The van der Waals surface area contributed by atoms with Gasteiger partial charge in [0.05, 0.1) is 20.3 Å². The molecule has 0 bridgehead atoms. The minimum atomic E-state index is 0.493. The largest absolute Gasteiger partial charge is 0.495 e. The van der Waals surface area contributed by atoms with Gasteiger partial charge in [-0.2, -0.15) is 5.26 Å². The van der Waals surface area contributed by atoms with E-state index in [2.05, 4.69) is 11.1 Å². The third-order valence-electron chi connectivity index (χ3n) is 2.54. The van der Waals surface area contributed by atoms with Gasteiger partial charge >= 0.3 is 0 Å². The summed E-state index contributed by atoms with van der Waals surface area (Å²) < 4.78 is 10.4. The van der Waals surface area contributed by atoms with Crippen molar-refractivity contribution in [3.8, 4) is 11.8 Å². The zero-order valence-electron chi connectivity index (χ0n) is 9.14.